The van der Waals surface area contributed by atoms with Gasteiger partial charge in [0.2, 0.25) is 5.91 Å². The maximum absolute atomic E-state index is 12.2. The zero-order valence-electron chi connectivity index (χ0n) is 14.4. The van der Waals surface area contributed by atoms with E-state index in [1.807, 2.05) is 36.4 Å². The molecule has 1 atom stereocenters. The standard InChI is InChI=1S/C20H23BrN2O2/c1-25-19-3-2-12-23(14-19)18-10-8-17(9-11-18)22-20(24)13-15-4-6-16(21)7-5-15/h4-11,19H,2-3,12-14H2,1H3,(H,22,24). The van der Waals surface area contributed by atoms with E-state index >= 15 is 0 Å². The molecule has 1 heterocycles. The predicted octanol–water partition coefficient (Wildman–Crippen LogP) is 4.25. The van der Waals surface area contributed by atoms with Crippen LogP contribution in [-0.4, -0.2) is 32.2 Å². The third-order valence-corrected chi connectivity index (χ3v) is 5.03. The van der Waals surface area contributed by atoms with Crippen LogP contribution < -0.4 is 10.2 Å². The van der Waals surface area contributed by atoms with E-state index in [1.54, 1.807) is 7.11 Å². The van der Waals surface area contributed by atoms with Gasteiger partial charge < -0.3 is 15.0 Å². The van der Waals surface area contributed by atoms with Crippen LogP contribution in [0.25, 0.3) is 0 Å². The molecule has 132 valence electrons. The highest BCUT2D eigenvalue weighted by Gasteiger charge is 2.19. The number of piperidine rings is 1. The molecule has 5 heteroatoms. The first-order valence-corrected chi connectivity index (χ1v) is 9.35. The zero-order valence-corrected chi connectivity index (χ0v) is 16.0. The summed E-state index contributed by atoms with van der Waals surface area (Å²) in [4.78, 5) is 14.5. The Morgan fingerprint density at radius 1 is 1.20 bits per heavy atom. The number of ether oxygens (including phenoxy) is 1. The Morgan fingerprint density at radius 2 is 1.92 bits per heavy atom. The molecular weight excluding hydrogens is 380 g/mol. The lowest BCUT2D eigenvalue weighted by Crippen LogP contribution is -2.39. The van der Waals surface area contributed by atoms with Gasteiger partial charge in [0.15, 0.2) is 0 Å². The highest BCUT2D eigenvalue weighted by Crippen LogP contribution is 2.23. The van der Waals surface area contributed by atoms with E-state index in [2.05, 4.69) is 38.3 Å². The van der Waals surface area contributed by atoms with Crippen molar-refractivity contribution in [3.05, 3.63) is 58.6 Å². The topological polar surface area (TPSA) is 41.6 Å². The van der Waals surface area contributed by atoms with Gasteiger partial charge in [0.05, 0.1) is 12.5 Å². The molecule has 0 aliphatic carbocycles. The van der Waals surface area contributed by atoms with E-state index in [0.29, 0.717) is 12.5 Å². The van der Waals surface area contributed by atoms with Crippen molar-refractivity contribution < 1.29 is 9.53 Å². The molecule has 1 saturated heterocycles. The van der Waals surface area contributed by atoms with Crippen LogP contribution >= 0.6 is 15.9 Å². The van der Waals surface area contributed by atoms with Crippen LogP contribution in [0, 0.1) is 0 Å². The molecule has 4 nitrogen and oxygen atoms in total. The van der Waals surface area contributed by atoms with Crippen LogP contribution in [-0.2, 0) is 16.0 Å². The fourth-order valence-electron chi connectivity index (χ4n) is 3.11. The Hall–Kier alpha value is -1.85. The second kappa shape index (κ2) is 8.50. The van der Waals surface area contributed by atoms with Crippen LogP contribution in [0.2, 0.25) is 0 Å². The van der Waals surface area contributed by atoms with Gasteiger partial charge in [0, 0.05) is 36.0 Å². The zero-order chi connectivity index (χ0) is 17.6. The Kier molecular flexibility index (Phi) is 6.10. The lowest BCUT2D eigenvalue weighted by Gasteiger charge is -2.33. The number of nitrogens with one attached hydrogen (secondary N) is 1. The van der Waals surface area contributed by atoms with Crippen molar-refractivity contribution >= 4 is 33.2 Å². The average molecular weight is 403 g/mol. The van der Waals surface area contributed by atoms with Crippen LogP contribution in [0.4, 0.5) is 11.4 Å². The number of carbonyl (C=O) groups excluding carboxylic acids is 1. The smallest absolute Gasteiger partial charge is 0.228 e. The van der Waals surface area contributed by atoms with E-state index < -0.39 is 0 Å². The van der Waals surface area contributed by atoms with Gasteiger partial charge in [0.1, 0.15) is 0 Å². The molecule has 3 rings (SSSR count). The molecular formula is C20H23BrN2O2. The minimum absolute atomic E-state index is 0.00695. The summed E-state index contributed by atoms with van der Waals surface area (Å²) in [5.41, 5.74) is 3.00. The number of carbonyl (C=O) groups is 1. The molecule has 1 fully saturated rings. The van der Waals surface area contributed by atoms with Crippen molar-refractivity contribution in [1.82, 2.24) is 0 Å². The second-order valence-electron chi connectivity index (χ2n) is 6.34. The number of halogens is 1. The number of methoxy groups -OCH3 is 1. The van der Waals surface area contributed by atoms with Crippen molar-refractivity contribution in [2.24, 2.45) is 0 Å². The third-order valence-electron chi connectivity index (χ3n) is 4.51. The summed E-state index contributed by atoms with van der Waals surface area (Å²) >= 11 is 3.40. The minimum Gasteiger partial charge on any atom is -0.380 e. The molecule has 25 heavy (non-hydrogen) atoms. The molecule has 1 N–H and O–H groups in total. The van der Waals surface area contributed by atoms with Crippen molar-refractivity contribution in [3.8, 4) is 0 Å². The van der Waals surface area contributed by atoms with E-state index in [0.717, 1.165) is 41.7 Å². The molecule has 1 aliphatic rings. The van der Waals surface area contributed by atoms with E-state index in [-0.39, 0.29) is 5.91 Å². The van der Waals surface area contributed by atoms with E-state index in [9.17, 15) is 4.79 Å². The summed E-state index contributed by atoms with van der Waals surface area (Å²) in [6.45, 7) is 1.97. The average Bonchev–Trinajstić information content (AvgIpc) is 2.64. The first-order chi connectivity index (χ1) is 12.1. The number of nitrogens with zero attached hydrogens (tertiary/aromatic N) is 1. The molecule has 1 aliphatic heterocycles. The summed E-state index contributed by atoms with van der Waals surface area (Å²) in [6, 6.07) is 15.9. The molecule has 0 radical (unpaired) electrons. The van der Waals surface area contributed by atoms with Gasteiger partial charge in [-0.1, -0.05) is 28.1 Å². The normalized spacial score (nSPS) is 17.4. The maximum atomic E-state index is 12.2. The molecule has 2 aromatic carbocycles. The van der Waals surface area contributed by atoms with Gasteiger partial charge >= 0.3 is 0 Å². The summed E-state index contributed by atoms with van der Waals surface area (Å²) in [6.07, 6.45) is 2.94. The maximum Gasteiger partial charge on any atom is 0.228 e. The highest BCUT2D eigenvalue weighted by atomic mass is 79.9. The SMILES string of the molecule is COC1CCCN(c2ccc(NC(=O)Cc3ccc(Br)cc3)cc2)C1. The first kappa shape index (κ1) is 18.0. The van der Waals surface area contributed by atoms with Gasteiger partial charge in [-0.3, -0.25) is 4.79 Å². The lowest BCUT2D eigenvalue weighted by atomic mass is 10.1. The van der Waals surface area contributed by atoms with Crippen LogP contribution in [0.1, 0.15) is 18.4 Å². The van der Waals surface area contributed by atoms with Gasteiger partial charge in [-0.05, 0) is 54.8 Å². The van der Waals surface area contributed by atoms with Gasteiger partial charge in [0.25, 0.3) is 0 Å². The van der Waals surface area contributed by atoms with Gasteiger partial charge in [-0.2, -0.15) is 0 Å². The fraction of sp³-hybridized carbons (Fsp3) is 0.350. The number of amides is 1. The largest absolute Gasteiger partial charge is 0.380 e. The first-order valence-electron chi connectivity index (χ1n) is 8.56. The third kappa shape index (κ3) is 5.06. The van der Waals surface area contributed by atoms with Gasteiger partial charge in [-0.25, -0.2) is 0 Å². The summed E-state index contributed by atoms with van der Waals surface area (Å²) in [5.74, 6) is -0.00695. The second-order valence-corrected chi connectivity index (χ2v) is 7.26. The molecule has 1 unspecified atom stereocenters. The quantitative estimate of drug-likeness (QED) is 0.812. The summed E-state index contributed by atoms with van der Waals surface area (Å²) in [7, 11) is 1.78. The number of benzene rings is 2. The Labute approximate surface area is 157 Å². The lowest BCUT2D eigenvalue weighted by molar-refractivity contribution is -0.115. The Balaban J connectivity index is 1.56. The van der Waals surface area contributed by atoms with Crippen LogP contribution in [0.5, 0.6) is 0 Å². The molecule has 0 aromatic heterocycles. The number of anilines is 2. The van der Waals surface area contributed by atoms with Crippen molar-refractivity contribution in [2.45, 2.75) is 25.4 Å². The van der Waals surface area contributed by atoms with Crippen molar-refractivity contribution in [2.75, 3.05) is 30.4 Å². The number of rotatable bonds is 5. The van der Waals surface area contributed by atoms with E-state index in [1.165, 1.54) is 5.69 Å². The molecule has 0 saturated carbocycles. The number of hydrogen-bond acceptors (Lipinski definition) is 3. The van der Waals surface area contributed by atoms with E-state index in [4.69, 9.17) is 4.74 Å². The highest BCUT2D eigenvalue weighted by molar-refractivity contribution is 9.10. The molecule has 0 spiro atoms. The fourth-order valence-corrected chi connectivity index (χ4v) is 3.38. The predicted molar refractivity (Wildman–Crippen MR) is 105 cm³/mol. The van der Waals surface area contributed by atoms with Crippen LogP contribution in [0.15, 0.2) is 53.0 Å². The Morgan fingerprint density at radius 3 is 2.60 bits per heavy atom. The summed E-state index contributed by atoms with van der Waals surface area (Å²) in [5, 5.41) is 2.96. The number of hydrogen-bond donors (Lipinski definition) is 1. The molecule has 1 amide bonds. The Bertz CT molecular complexity index is 701. The monoisotopic (exact) mass is 402 g/mol. The molecule has 2 aromatic rings. The van der Waals surface area contributed by atoms with Crippen molar-refractivity contribution in [3.63, 3.8) is 0 Å². The molecule has 0 bridgehead atoms. The minimum atomic E-state index is -0.00695. The van der Waals surface area contributed by atoms with Crippen LogP contribution in [0.3, 0.4) is 0 Å². The van der Waals surface area contributed by atoms with Gasteiger partial charge in [-0.15, -0.1) is 0 Å². The summed E-state index contributed by atoms with van der Waals surface area (Å²) < 4.78 is 6.50. The van der Waals surface area contributed by atoms with Crippen molar-refractivity contribution in [1.29, 1.82) is 0 Å².